The van der Waals surface area contributed by atoms with E-state index in [1.807, 2.05) is 13.0 Å². The van der Waals surface area contributed by atoms with E-state index in [2.05, 4.69) is 29.6 Å². The summed E-state index contributed by atoms with van der Waals surface area (Å²) in [6, 6.07) is 13.5. The number of halogens is 2. The smallest absolute Gasteiger partial charge is 0.272 e. The number of aliphatic hydroxyl groups is 1. The van der Waals surface area contributed by atoms with Gasteiger partial charge in [0.15, 0.2) is 5.69 Å². The first-order valence-corrected chi connectivity index (χ1v) is 12.3. The van der Waals surface area contributed by atoms with Crippen LogP contribution in [0.2, 0.25) is 10.0 Å². The minimum Gasteiger partial charge on any atom is -0.391 e. The van der Waals surface area contributed by atoms with E-state index < -0.39 is 6.10 Å². The van der Waals surface area contributed by atoms with Crippen LogP contribution in [0.4, 0.5) is 0 Å². The number of carbonyl (C=O) groups is 1. The van der Waals surface area contributed by atoms with Gasteiger partial charge in [-0.05, 0) is 62.3 Å². The maximum absolute atomic E-state index is 13.2. The Hall–Kier alpha value is -2.34. The van der Waals surface area contributed by atoms with Gasteiger partial charge in [0.2, 0.25) is 0 Å². The molecule has 172 valence electrons. The fourth-order valence-corrected chi connectivity index (χ4v) is 5.21. The van der Waals surface area contributed by atoms with E-state index in [9.17, 15) is 9.90 Å². The Bertz CT molecular complexity index is 1180. The summed E-state index contributed by atoms with van der Waals surface area (Å²) in [4.78, 5) is 13.2. The molecule has 3 aromatic rings. The largest absolute Gasteiger partial charge is 0.391 e. The first-order chi connectivity index (χ1) is 15.9. The predicted octanol–water partition coefficient (Wildman–Crippen LogP) is 6.07. The second-order valence-electron chi connectivity index (χ2n) is 9.16. The number of hydrogen-bond donors (Lipinski definition) is 2. The number of nitrogens with zero attached hydrogens (tertiary/aromatic N) is 2. The van der Waals surface area contributed by atoms with Crippen LogP contribution in [-0.2, 0) is 0 Å². The normalized spacial score (nSPS) is 20.6. The summed E-state index contributed by atoms with van der Waals surface area (Å²) >= 11 is 12.7. The summed E-state index contributed by atoms with van der Waals surface area (Å²) in [5.41, 5.74) is 4.88. The van der Waals surface area contributed by atoms with Gasteiger partial charge < -0.3 is 10.4 Å². The van der Waals surface area contributed by atoms with E-state index in [1.54, 1.807) is 16.8 Å². The Kier molecular flexibility index (Phi) is 6.21. The number of aliphatic hydroxyl groups excluding tert-OH is 1. The van der Waals surface area contributed by atoms with Crippen molar-refractivity contribution >= 4 is 29.1 Å². The molecule has 2 fully saturated rings. The first-order valence-electron chi connectivity index (χ1n) is 11.6. The van der Waals surface area contributed by atoms with Crippen molar-refractivity contribution in [2.24, 2.45) is 0 Å². The van der Waals surface area contributed by atoms with E-state index in [0.717, 1.165) is 36.1 Å². The van der Waals surface area contributed by atoms with E-state index >= 15 is 0 Å². The molecule has 0 aliphatic heterocycles. The molecule has 33 heavy (non-hydrogen) atoms. The van der Waals surface area contributed by atoms with Crippen molar-refractivity contribution in [1.29, 1.82) is 0 Å². The zero-order valence-corrected chi connectivity index (χ0v) is 20.0. The summed E-state index contributed by atoms with van der Waals surface area (Å²) in [5.74, 6) is 0.386. The van der Waals surface area contributed by atoms with Gasteiger partial charge in [0.05, 0.1) is 28.5 Å². The lowest BCUT2D eigenvalue weighted by Crippen LogP contribution is -2.45. The highest BCUT2D eigenvalue weighted by atomic mass is 35.5. The lowest BCUT2D eigenvalue weighted by molar-refractivity contribution is 0.0713. The molecule has 2 atom stereocenters. The lowest BCUT2D eigenvalue weighted by Gasteiger charge is -2.28. The van der Waals surface area contributed by atoms with Crippen LogP contribution >= 0.6 is 23.2 Å². The average molecular weight is 484 g/mol. The third-order valence-corrected chi connectivity index (χ3v) is 7.29. The van der Waals surface area contributed by atoms with E-state index in [0.29, 0.717) is 33.8 Å². The van der Waals surface area contributed by atoms with Crippen LogP contribution in [0.3, 0.4) is 0 Å². The Morgan fingerprint density at radius 3 is 2.45 bits per heavy atom. The van der Waals surface area contributed by atoms with Gasteiger partial charge in [-0.1, -0.05) is 60.3 Å². The molecule has 1 amide bonds. The summed E-state index contributed by atoms with van der Waals surface area (Å²) in [6.07, 6.45) is 5.42. The van der Waals surface area contributed by atoms with Gasteiger partial charge in [0, 0.05) is 16.1 Å². The zero-order chi connectivity index (χ0) is 23.1. The maximum atomic E-state index is 13.2. The van der Waals surface area contributed by atoms with E-state index in [4.69, 9.17) is 28.3 Å². The van der Waals surface area contributed by atoms with Crippen molar-refractivity contribution in [2.75, 3.05) is 0 Å². The van der Waals surface area contributed by atoms with Gasteiger partial charge in [-0.3, -0.25) is 4.79 Å². The van der Waals surface area contributed by atoms with Crippen LogP contribution in [0.5, 0.6) is 0 Å². The molecule has 5 nitrogen and oxygen atoms in total. The molecule has 2 aliphatic carbocycles. The van der Waals surface area contributed by atoms with Crippen LogP contribution in [-0.4, -0.2) is 32.9 Å². The molecule has 1 unspecified atom stereocenters. The van der Waals surface area contributed by atoms with Gasteiger partial charge in [-0.2, -0.15) is 5.10 Å². The second-order valence-corrected chi connectivity index (χ2v) is 10.0. The Labute approximate surface area is 203 Å². The Morgan fingerprint density at radius 2 is 1.79 bits per heavy atom. The molecule has 7 heteroatoms. The number of carbonyl (C=O) groups excluding carboxylic acids is 1. The highest BCUT2D eigenvalue weighted by Crippen LogP contribution is 2.41. The maximum Gasteiger partial charge on any atom is 0.272 e. The molecule has 2 N–H and O–H groups in total. The van der Waals surface area contributed by atoms with Crippen LogP contribution in [0.25, 0.3) is 16.9 Å². The molecular weight excluding hydrogens is 457 g/mol. The minimum absolute atomic E-state index is 0.254. The quantitative estimate of drug-likeness (QED) is 0.462. The molecule has 5 rings (SSSR count). The minimum atomic E-state index is -0.523. The molecular formula is C26H27Cl2N3O2. The van der Waals surface area contributed by atoms with E-state index in [1.165, 1.54) is 18.4 Å². The van der Waals surface area contributed by atoms with Gasteiger partial charge in [-0.15, -0.1) is 0 Å². The van der Waals surface area contributed by atoms with Crippen molar-refractivity contribution in [3.8, 4) is 16.9 Å². The average Bonchev–Trinajstić information content (AvgIpc) is 3.59. The van der Waals surface area contributed by atoms with Crippen molar-refractivity contribution in [3.05, 3.63) is 69.3 Å². The standard InChI is InChI=1S/C26H27Cl2N3O2/c1-15-24(26(33)29-21-4-2-3-5-23(21)32)30-31(22-13-12-19(27)14-20(22)28)25(15)18-10-8-17(9-11-18)16-6-7-16/h8-14,16,21,23,32H,2-7H2,1H3,(H,29,33)/t21?,23-/m1/s1. The van der Waals surface area contributed by atoms with Crippen LogP contribution < -0.4 is 5.32 Å². The highest BCUT2D eigenvalue weighted by Gasteiger charge is 2.29. The van der Waals surface area contributed by atoms with Crippen LogP contribution in [0.1, 0.15) is 66.1 Å². The lowest BCUT2D eigenvalue weighted by atomic mass is 9.92. The summed E-state index contributed by atoms with van der Waals surface area (Å²) in [6.45, 7) is 1.91. The second kappa shape index (κ2) is 9.13. The summed E-state index contributed by atoms with van der Waals surface area (Å²) < 4.78 is 1.73. The van der Waals surface area contributed by atoms with Crippen molar-refractivity contribution in [3.63, 3.8) is 0 Å². The summed E-state index contributed by atoms with van der Waals surface area (Å²) in [7, 11) is 0. The molecule has 0 radical (unpaired) electrons. The number of hydrogen-bond acceptors (Lipinski definition) is 3. The van der Waals surface area contributed by atoms with Gasteiger partial charge in [0.1, 0.15) is 0 Å². The molecule has 0 bridgehead atoms. The van der Waals surface area contributed by atoms with Crippen molar-refractivity contribution in [2.45, 2.75) is 63.5 Å². The van der Waals surface area contributed by atoms with Gasteiger partial charge in [-0.25, -0.2) is 4.68 Å². The topological polar surface area (TPSA) is 67.2 Å². The monoisotopic (exact) mass is 483 g/mol. The highest BCUT2D eigenvalue weighted by molar-refractivity contribution is 6.35. The Balaban J connectivity index is 1.56. The fraction of sp³-hybridized carbons (Fsp3) is 0.385. The summed E-state index contributed by atoms with van der Waals surface area (Å²) in [5, 5.41) is 19.0. The van der Waals surface area contributed by atoms with Gasteiger partial charge in [0.25, 0.3) is 5.91 Å². The zero-order valence-electron chi connectivity index (χ0n) is 18.5. The van der Waals surface area contributed by atoms with Crippen LogP contribution in [0, 0.1) is 6.92 Å². The van der Waals surface area contributed by atoms with Crippen LogP contribution in [0.15, 0.2) is 42.5 Å². The molecule has 2 aromatic carbocycles. The Morgan fingerprint density at radius 1 is 1.06 bits per heavy atom. The molecule has 1 heterocycles. The third kappa shape index (κ3) is 4.54. The molecule has 1 aromatic heterocycles. The van der Waals surface area contributed by atoms with Gasteiger partial charge >= 0.3 is 0 Å². The number of aromatic nitrogens is 2. The molecule has 2 saturated carbocycles. The first kappa shape index (κ1) is 22.5. The molecule has 0 saturated heterocycles. The van der Waals surface area contributed by atoms with Crippen molar-refractivity contribution in [1.82, 2.24) is 15.1 Å². The SMILES string of the molecule is Cc1c(C(=O)NC2CCCC[C@H]2O)nn(-c2ccc(Cl)cc2Cl)c1-c1ccc(C2CC2)cc1. The number of rotatable bonds is 5. The van der Waals surface area contributed by atoms with E-state index in [-0.39, 0.29) is 11.9 Å². The number of amides is 1. The van der Waals surface area contributed by atoms with Crippen molar-refractivity contribution < 1.29 is 9.90 Å². The number of nitrogens with one attached hydrogen (secondary N) is 1. The fourth-order valence-electron chi connectivity index (χ4n) is 4.72. The molecule has 2 aliphatic rings. The predicted molar refractivity (Wildman–Crippen MR) is 131 cm³/mol. The molecule has 0 spiro atoms. The third-order valence-electron chi connectivity index (χ3n) is 6.75. The number of benzene rings is 2.